The summed E-state index contributed by atoms with van der Waals surface area (Å²) in [5.74, 6) is -0.567. The normalized spacial score (nSPS) is 11.1. The lowest BCUT2D eigenvalue weighted by atomic mass is 10.2. The lowest BCUT2D eigenvalue weighted by molar-refractivity contribution is -0.127. The Morgan fingerprint density at radius 1 is 1.22 bits per heavy atom. The maximum atomic E-state index is 12.1. The lowest BCUT2D eigenvalue weighted by Gasteiger charge is -2.14. The van der Waals surface area contributed by atoms with Gasteiger partial charge in [0.2, 0.25) is 0 Å². The zero-order chi connectivity index (χ0) is 17.4. The first kappa shape index (κ1) is 18.3. The fourth-order valence-electron chi connectivity index (χ4n) is 1.63. The van der Waals surface area contributed by atoms with Gasteiger partial charge in [-0.05, 0) is 32.0 Å². The minimum Gasteiger partial charge on any atom is -0.493 e. The van der Waals surface area contributed by atoms with E-state index in [4.69, 9.17) is 14.2 Å². The van der Waals surface area contributed by atoms with Gasteiger partial charge >= 0.3 is 12.0 Å². The van der Waals surface area contributed by atoms with E-state index < -0.39 is 24.0 Å². The second-order valence-corrected chi connectivity index (χ2v) is 4.41. The number of imide groups is 1. The first-order valence-electron chi connectivity index (χ1n) is 6.97. The average Bonchev–Trinajstić information content (AvgIpc) is 2.54. The van der Waals surface area contributed by atoms with Gasteiger partial charge in [-0.3, -0.25) is 10.1 Å². The van der Waals surface area contributed by atoms with Crippen molar-refractivity contribution in [3.05, 3.63) is 23.8 Å². The molecule has 0 aromatic heterocycles. The van der Waals surface area contributed by atoms with Crippen LogP contribution in [0.1, 0.15) is 24.2 Å². The molecule has 0 spiro atoms. The quantitative estimate of drug-likeness (QED) is 0.760. The van der Waals surface area contributed by atoms with Crippen LogP contribution in [0.25, 0.3) is 0 Å². The third kappa shape index (κ3) is 5.17. The average molecular weight is 324 g/mol. The molecule has 1 atom stereocenters. The van der Waals surface area contributed by atoms with Crippen molar-refractivity contribution in [3.63, 3.8) is 0 Å². The van der Waals surface area contributed by atoms with Crippen LogP contribution in [-0.2, 0) is 9.53 Å². The van der Waals surface area contributed by atoms with Gasteiger partial charge in [-0.1, -0.05) is 0 Å². The number of hydrogen-bond acceptors (Lipinski definition) is 6. The number of nitrogens with one attached hydrogen (secondary N) is 2. The Bertz CT molecular complexity index is 587. The van der Waals surface area contributed by atoms with Gasteiger partial charge in [0.15, 0.2) is 17.6 Å². The Morgan fingerprint density at radius 3 is 2.48 bits per heavy atom. The Balaban J connectivity index is 2.77. The highest BCUT2D eigenvalue weighted by Crippen LogP contribution is 2.28. The van der Waals surface area contributed by atoms with Gasteiger partial charge in [0.1, 0.15) is 0 Å². The number of amides is 3. The molecule has 1 aromatic carbocycles. The smallest absolute Gasteiger partial charge is 0.339 e. The van der Waals surface area contributed by atoms with Crippen molar-refractivity contribution in [2.45, 2.75) is 20.0 Å². The van der Waals surface area contributed by atoms with Gasteiger partial charge in [-0.25, -0.2) is 9.59 Å². The molecule has 0 heterocycles. The van der Waals surface area contributed by atoms with Crippen LogP contribution >= 0.6 is 0 Å². The van der Waals surface area contributed by atoms with Crippen LogP contribution in [0.3, 0.4) is 0 Å². The van der Waals surface area contributed by atoms with E-state index in [9.17, 15) is 14.4 Å². The van der Waals surface area contributed by atoms with Crippen molar-refractivity contribution in [1.29, 1.82) is 0 Å². The molecule has 0 fully saturated rings. The molecule has 0 radical (unpaired) electrons. The summed E-state index contributed by atoms with van der Waals surface area (Å²) in [7, 11) is 2.82. The predicted octanol–water partition coefficient (Wildman–Crippen LogP) is 1.09. The van der Waals surface area contributed by atoms with Crippen molar-refractivity contribution < 1.29 is 28.6 Å². The largest absolute Gasteiger partial charge is 0.493 e. The summed E-state index contributed by atoms with van der Waals surface area (Å²) in [6.07, 6.45) is -1.13. The molecule has 3 amide bonds. The molecule has 1 aromatic rings. The summed E-state index contributed by atoms with van der Waals surface area (Å²) >= 11 is 0. The number of benzene rings is 1. The van der Waals surface area contributed by atoms with Gasteiger partial charge in [0, 0.05) is 7.05 Å². The van der Waals surface area contributed by atoms with Crippen LogP contribution < -0.4 is 20.1 Å². The topological polar surface area (TPSA) is 103 Å². The zero-order valence-electron chi connectivity index (χ0n) is 13.5. The number of ether oxygens (including phenoxy) is 3. The lowest BCUT2D eigenvalue weighted by Crippen LogP contribution is -2.43. The fourth-order valence-corrected chi connectivity index (χ4v) is 1.63. The van der Waals surface area contributed by atoms with Crippen LogP contribution in [0.5, 0.6) is 11.5 Å². The van der Waals surface area contributed by atoms with Crippen LogP contribution in [0.2, 0.25) is 0 Å². The van der Waals surface area contributed by atoms with E-state index in [2.05, 4.69) is 5.32 Å². The van der Waals surface area contributed by atoms with E-state index in [1.165, 1.54) is 33.2 Å². The molecule has 0 bridgehead atoms. The zero-order valence-corrected chi connectivity index (χ0v) is 13.5. The summed E-state index contributed by atoms with van der Waals surface area (Å²) < 4.78 is 15.5. The van der Waals surface area contributed by atoms with Crippen LogP contribution in [0.15, 0.2) is 18.2 Å². The summed E-state index contributed by atoms with van der Waals surface area (Å²) in [6.45, 7) is 3.65. The molecule has 2 N–H and O–H groups in total. The maximum Gasteiger partial charge on any atom is 0.339 e. The molecule has 0 saturated carbocycles. The van der Waals surface area contributed by atoms with Gasteiger partial charge in [0.05, 0.1) is 19.3 Å². The highest BCUT2D eigenvalue weighted by atomic mass is 16.5. The van der Waals surface area contributed by atoms with E-state index in [0.29, 0.717) is 18.1 Å². The van der Waals surface area contributed by atoms with Gasteiger partial charge in [-0.15, -0.1) is 0 Å². The maximum absolute atomic E-state index is 12.1. The predicted molar refractivity (Wildman–Crippen MR) is 81.6 cm³/mol. The first-order chi connectivity index (χ1) is 10.9. The number of methoxy groups -OCH3 is 1. The minimum absolute atomic E-state index is 0.199. The molecule has 8 nitrogen and oxygen atoms in total. The van der Waals surface area contributed by atoms with Crippen LogP contribution in [0, 0.1) is 0 Å². The number of esters is 1. The molecule has 0 aliphatic rings. The molecule has 0 aliphatic heterocycles. The van der Waals surface area contributed by atoms with Crippen molar-refractivity contribution in [2.24, 2.45) is 0 Å². The molecule has 1 rings (SSSR count). The standard InChI is InChI=1S/C15H20N2O6/c1-5-22-11-7-6-10(8-12(11)21-4)14(19)23-9(2)13(18)17-15(20)16-3/h6-9H,5H2,1-4H3,(H2,16,17,18,20)/t9-/m1/s1. The Labute approximate surface area is 134 Å². The second-order valence-electron chi connectivity index (χ2n) is 4.41. The van der Waals surface area contributed by atoms with Crippen molar-refractivity contribution >= 4 is 17.9 Å². The molecule has 126 valence electrons. The van der Waals surface area contributed by atoms with Crippen molar-refractivity contribution in [1.82, 2.24) is 10.6 Å². The first-order valence-corrected chi connectivity index (χ1v) is 6.97. The number of hydrogen-bond donors (Lipinski definition) is 2. The Morgan fingerprint density at radius 2 is 1.91 bits per heavy atom. The number of rotatable bonds is 6. The fraction of sp³-hybridized carbons (Fsp3) is 0.400. The van der Waals surface area contributed by atoms with Gasteiger partial charge in [-0.2, -0.15) is 0 Å². The molecule has 0 unspecified atom stereocenters. The summed E-state index contributed by atoms with van der Waals surface area (Å²) in [6, 6.07) is 3.85. The molecular formula is C15H20N2O6. The summed E-state index contributed by atoms with van der Waals surface area (Å²) in [4.78, 5) is 34.8. The SMILES string of the molecule is CCOc1ccc(C(=O)O[C@H](C)C(=O)NC(=O)NC)cc1OC. The number of urea groups is 1. The van der Waals surface area contributed by atoms with Gasteiger partial charge in [0.25, 0.3) is 5.91 Å². The van der Waals surface area contributed by atoms with Crippen molar-refractivity contribution in [2.75, 3.05) is 20.8 Å². The monoisotopic (exact) mass is 324 g/mol. The van der Waals surface area contributed by atoms with E-state index >= 15 is 0 Å². The van der Waals surface area contributed by atoms with E-state index in [0.717, 1.165) is 0 Å². The number of carbonyl (C=O) groups excluding carboxylic acids is 3. The second kappa shape index (κ2) is 8.62. The highest BCUT2D eigenvalue weighted by molar-refractivity contribution is 5.98. The third-order valence-electron chi connectivity index (χ3n) is 2.82. The molecule has 0 aliphatic carbocycles. The highest BCUT2D eigenvalue weighted by Gasteiger charge is 2.21. The molecule has 23 heavy (non-hydrogen) atoms. The molecular weight excluding hydrogens is 304 g/mol. The summed E-state index contributed by atoms with van der Waals surface area (Å²) in [5.41, 5.74) is 0.199. The Hall–Kier alpha value is -2.77. The third-order valence-corrected chi connectivity index (χ3v) is 2.82. The van der Waals surface area contributed by atoms with Crippen LogP contribution in [-0.4, -0.2) is 44.8 Å². The van der Waals surface area contributed by atoms with E-state index in [-0.39, 0.29) is 5.56 Å². The number of carbonyl (C=O) groups is 3. The van der Waals surface area contributed by atoms with Crippen LogP contribution in [0.4, 0.5) is 4.79 Å². The van der Waals surface area contributed by atoms with Gasteiger partial charge < -0.3 is 19.5 Å². The minimum atomic E-state index is -1.13. The summed E-state index contributed by atoms with van der Waals surface area (Å²) in [5, 5.41) is 4.25. The van der Waals surface area contributed by atoms with E-state index in [1.807, 2.05) is 12.2 Å². The van der Waals surface area contributed by atoms with E-state index in [1.54, 1.807) is 6.07 Å². The molecule has 0 saturated heterocycles. The van der Waals surface area contributed by atoms with Crippen molar-refractivity contribution in [3.8, 4) is 11.5 Å². The molecule has 8 heteroatoms. The Kier molecular flexibility index (Phi) is 6.85.